The third-order valence-corrected chi connectivity index (χ3v) is 9.40. The SMILES string of the molecule is COc1ccc(CN(C(=O)CN(c2ccccc2C)S(=O)(=O)c2ccccc2)C(C)C(=O)NC2CCCCC2)cc1. The third-order valence-electron chi connectivity index (χ3n) is 7.63. The number of para-hydroxylation sites is 1. The molecular weight excluding hydrogens is 538 g/mol. The quantitative estimate of drug-likeness (QED) is 0.344. The smallest absolute Gasteiger partial charge is 0.264 e. The fourth-order valence-corrected chi connectivity index (χ4v) is 6.65. The predicted octanol–water partition coefficient (Wildman–Crippen LogP) is 5.07. The number of carbonyl (C=O) groups excluding carboxylic acids is 2. The number of sulfonamides is 1. The highest BCUT2D eigenvalue weighted by Gasteiger charge is 2.33. The van der Waals surface area contributed by atoms with Crippen LogP contribution in [0.1, 0.15) is 50.2 Å². The second kappa shape index (κ2) is 13.7. The van der Waals surface area contributed by atoms with Gasteiger partial charge in [0, 0.05) is 12.6 Å². The number of amides is 2. The van der Waals surface area contributed by atoms with E-state index in [2.05, 4.69) is 5.32 Å². The van der Waals surface area contributed by atoms with Crippen LogP contribution >= 0.6 is 0 Å². The summed E-state index contributed by atoms with van der Waals surface area (Å²) in [5.41, 5.74) is 1.92. The monoisotopic (exact) mass is 577 g/mol. The Labute approximate surface area is 243 Å². The van der Waals surface area contributed by atoms with E-state index in [-0.39, 0.29) is 23.4 Å². The van der Waals surface area contributed by atoms with Crippen molar-refractivity contribution in [3.05, 3.63) is 90.0 Å². The number of carbonyl (C=O) groups is 2. The lowest BCUT2D eigenvalue weighted by molar-refractivity contribution is -0.139. The van der Waals surface area contributed by atoms with E-state index < -0.39 is 28.5 Å². The van der Waals surface area contributed by atoms with Gasteiger partial charge in [-0.2, -0.15) is 0 Å². The average molecular weight is 578 g/mol. The van der Waals surface area contributed by atoms with E-state index in [0.717, 1.165) is 42.0 Å². The van der Waals surface area contributed by atoms with E-state index in [1.54, 1.807) is 56.5 Å². The number of rotatable bonds is 11. The molecule has 1 atom stereocenters. The van der Waals surface area contributed by atoms with Crippen LogP contribution in [0.15, 0.2) is 83.8 Å². The van der Waals surface area contributed by atoms with Gasteiger partial charge in [-0.15, -0.1) is 0 Å². The molecule has 1 N–H and O–H groups in total. The van der Waals surface area contributed by atoms with Gasteiger partial charge in [-0.3, -0.25) is 13.9 Å². The lowest BCUT2D eigenvalue weighted by atomic mass is 9.95. The molecule has 0 saturated heterocycles. The van der Waals surface area contributed by atoms with Gasteiger partial charge in [0.05, 0.1) is 17.7 Å². The molecule has 4 rings (SSSR count). The molecule has 0 aromatic heterocycles. The molecule has 0 aliphatic heterocycles. The molecule has 2 amide bonds. The number of hydrogen-bond donors (Lipinski definition) is 1. The summed E-state index contributed by atoms with van der Waals surface area (Å²) in [6, 6.07) is 21.7. The van der Waals surface area contributed by atoms with Crippen molar-refractivity contribution in [1.82, 2.24) is 10.2 Å². The van der Waals surface area contributed by atoms with Crippen molar-refractivity contribution in [2.24, 2.45) is 0 Å². The van der Waals surface area contributed by atoms with E-state index in [1.165, 1.54) is 17.0 Å². The van der Waals surface area contributed by atoms with Crippen molar-refractivity contribution in [3.8, 4) is 5.75 Å². The molecule has 3 aromatic carbocycles. The molecule has 0 heterocycles. The zero-order valence-corrected chi connectivity index (χ0v) is 24.8. The molecule has 3 aromatic rings. The molecular formula is C32H39N3O5S. The summed E-state index contributed by atoms with van der Waals surface area (Å²) in [5.74, 6) is -0.0450. The van der Waals surface area contributed by atoms with Crippen molar-refractivity contribution in [3.63, 3.8) is 0 Å². The number of anilines is 1. The third kappa shape index (κ3) is 7.47. The van der Waals surface area contributed by atoms with Crippen LogP contribution < -0.4 is 14.4 Å². The highest BCUT2D eigenvalue weighted by atomic mass is 32.2. The Hall–Kier alpha value is -3.85. The van der Waals surface area contributed by atoms with Crippen molar-refractivity contribution < 1.29 is 22.7 Å². The minimum Gasteiger partial charge on any atom is -0.497 e. The number of benzene rings is 3. The van der Waals surface area contributed by atoms with Gasteiger partial charge in [0.2, 0.25) is 11.8 Å². The largest absolute Gasteiger partial charge is 0.497 e. The van der Waals surface area contributed by atoms with Crippen molar-refractivity contribution in [2.75, 3.05) is 18.0 Å². The summed E-state index contributed by atoms with van der Waals surface area (Å²) in [6.45, 7) is 3.18. The van der Waals surface area contributed by atoms with Gasteiger partial charge in [0.15, 0.2) is 0 Å². The molecule has 1 fully saturated rings. The molecule has 1 aliphatic carbocycles. The van der Waals surface area contributed by atoms with Crippen LogP contribution in [0, 0.1) is 6.92 Å². The zero-order chi connectivity index (χ0) is 29.4. The number of nitrogens with one attached hydrogen (secondary N) is 1. The Kier molecular flexibility index (Phi) is 10.0. The van der Waals surface area contributed by atoms with Crippen LogP contribution in [-0.2, 0) is 26.2 Å². The Morgan fingerprint density at radius 3 is 2.20 bits per heavy atom. The predicted molar refractivity (Wildman–Crippen MR) is 160 cm³/mol. The molecule has 218 valence electrons. The van der Waals surface area contributed by atoms with Gasteiger partial charge >= 0.3 is 0 Å². The fourth-order valence-electron chi connectivity index (χ4n) is 5.16. The van der Waals surface area contributed by atoms with E-state index in [9.17, 15) is 18.0 Å². The maximum absolute atomic E-state index is 14.1. The minimum atomic E-state index is -4.09. The van der Waals surface area contributed by atoms with Gasteiger partial charge in [-0.25, -0.2) is 8.42 Å². The van der Waals surface area contributed by atoms with Crippen LogP contribution in [0.25, 0.3) is 0 Å². The average Bonchev–Trinajstić information content (AvgIpc) is 3.00. The van der Waals surface area contributed by atoms with Gasteiger partial charge in [0.25, 0.3) is 10.0 Å². The molecule has 0 spiro atoms. The van der Waals surface area contributed by atoms with E-state index in [1.807, 2.05) is 31.2 Å². The maximum atomic E-state index is 14.1. The lowest BCUT2D eigenvalue weighted by Crippen LogP contribution is -2.53. The molecule has 41 heavy (non-hydrogen) atoms. The number of aryl methyl sites for hydroxylation is 1. The minimum absolute atomic E-state index is 0.0820. The lowest BCUT2D eigenvalue weighted by Gasteiger charge is -2.33. The topological polar surface area (TPSA) is 96.0 Å². The molecule has 1 saturated carbocycles. The van der Waals surface area contributed by atoms with Gasteiger partial charge in [0.1, 0.15) is 18.3 Å². The summed E-state index contributed by atoms with van der Waals surface area (Å²) in [5, 5.41) is 3.12. The molecule has 0 radical (unpaired) electrons. The molecule has 8 nitrogen and oxygen atoms in total. The van der Waals surface area contributed by atoms with Crippen molar-refractivity contribution >= 4 is 27.5 Å². The number of nitrogens with zero attached hydrogens (tertiary/aromatic N) is 2. The van der Waals surface area contributed by atoms with Crippen LogP contribution in [0.4, 0.5) is 5.69 Å². The maximum Gasteiger partial charge on any atom is 0.264 e. The van der Waals surface area contributed by atoms with Crippen LogP contribution in [0.5, 0.6) is 5.75 Å². The normalized spacial score (nSPS) is 14.6. The summed E-state index contributed by atoms with van der Waals surface area (Å²) in [7, 11) is -2.51. The summed E-state index contributed by atoms with van der Waals surface area (Å²) < 4.78 is 34.2. The van der Waals surface area contributed by atoms with Crippen LogP contribution in [0.3, 0.4) is 0 Å². The van der Waals surface area contributed by atoms with Crippen molar-refractivity contribution in [1.29, 1.82) is 0 Å². The zero-order valence-electron chi connectivity index (χ0n) is 24.0. The fraction of sp³-hybridized carbons (Fsp3) is 0.375. The first-order valence-corrected chi connectivity index (χ1v) is 15.5. The van der Waals surface area contributed by atoms with Crippen molar-refractivity contribution in [2.45, 2.75) is 69.5 Å². The highest BCUT2D eigenvalue weighted by molar-refractivity contribution is 7.92. The van der Waals surface area contributed by atoms with Gasteiger partial charge in [-0.1, -0.05) is 67.8 Å². The second-order valence-corrected chi connectivity index (χ2v) is 12.4. The number of hydrogen-bond acceptors (Lipinski definition) is 5. The van der Waals surface area contributed by atoms with E-state index in [4.69, 9.17) is 4.74 Å². The Balaban J connectivity index is 1.67. The van der Waals surface area contributed by atoms with Gasteiger partial charge in [-0.05, 0) is 68.1 Å². The standard InChI is InChI=1S/C32H39N3O5S/c1-24-12-10-11-17-30(24)35(41(38,39)29-15-8-5-9-16-29)23-31(36)34(22-26-18-20-28(40-3)21-19-26)25(2)32(37)33-27-13-6-4-7-14-27/h5,8-12,15-21,25,27H,4,6-7,13-14,22-23H2,1-3H3,(H,33,37). The Morgan fingerprint density at radius 2 is 1.56 bits per heavy atom. The Bertz CT molecular complexity index is 1420. The number of ether oxygens (including phenoxy) is 1. The van der Waals surface area contributed by atoms with Crippen LogP contribution in [-0.4, -0.2) is 50.9 Å². The second-order valence-electron chi connectivity index (χ2n) is 10.5. The molecule has 0 bridgehead atoms. The molecule has 9 heteroatoms. The first-order chi connectivity index (χ1) is 19.7. The molecule has 1 unspecified atom stereocenters. The summed E-state index contributed by atoms with van der Waals surface area (Å²) in [6.07, 6.45) is 5.13. The summed E-state index contributed by atoms with van der Waals surface area (Å²) >= 11 is 0. The first-order valence-electron chi connectivity index (χ1n) is 14.1. The van der Waals surface area contributed by atoms with Gasteiger partial charge < -0.3 is 15.0 Å². The molecule has 1 aliphatic rings. The summed E-state index contributed by atoms with van der Waals surface area (Å²) in [4.78, 5) is 29.1. The van der Waals surface area contributed by atoms with Crippen LogP contribution in [0.2, 0.25) is 0 Å². The van der Waals surface area contributed by atoms with E-state index in [0.29, 0.717) is 17.0 Å². The number of methoxy groups -OCH3 is 1. The first kappa shape index (κ1) is 30.1. The van der Waals surface area contributed by atoms with E-state index >= 15 is 0 Å². The Morgan fingerprint density at radius 1 is 0.927 bits per heavy atom. The highest BCUT2D eigenvalue weighted by Crippen LogP contribution is 2.27.